The Labute approximate surface area is 102 Å². The Bertz CT molecular complexity index is 340. The van der Waals surface area contributed by atoms with Crippen LogP contribution in [0.4, 0.5) is 5.69 Å². The second-order valence-corrected chi connectivity index (χ2v) is 5.16. The molecule has 0 saturated heterocycles. The summed E-state index contributed by atoms with van der Waals surface area (Å²) in [6, 6.07) is 3.86. The smallest absolute Gasteiger partial charge is 0.131 e. The van der Waals surface area contributed by atoms with Gasteiger partial charge in [-0.05, 0) is 30.4 Å². The highest BCUT2D eigenvalue weighted by atomic mass is 35.5. The maximum atomic E-state index is 5.84. The Morgan fingerprint density at radius 1 is 1.44 bits per heavy atom. The number of nitrogens with zero attached hydrogens (tertiary/aromatic N) is 1. The van der Waals surface area contributed by atoms with Gasteiger partial charge in [-0.15, -0.1) is 0 Å². The van der Waals surface area contributed by atoms with Crippen molar-refractivity contribution in [1.29, 1.82) is 0 Å². The van der Waals surface area contributed by atoms with Gasteiger partial charge in [0.15, 0.2) is 0 Å². The van der Waals surface area contributed by atoms with E-state index in [0.717, 1.165) is 24.1 Å². The molecule has 0 radical (unpaired) electrons. The van der Waals surface area contributed by atoms with E-state index in [1.807, 2.05) is 12.1 Å². The third-order valence-electron chi connectivity index (χ3n) is 3.58. The second-order valence-electron chi connectivity index (χ2n) is 4.77. The molecule has 1 aliphatic carbocycles. The Morgan fingerprint density at radius 2 is 2.25 bits per heavy atom. The van der Waals surface area contributed by atoms with E-state index in [0.29, 0.717) is 5.15 Å². The van der Waals surface area contributed by atoms with Gasteiger partial charge in [0, 0.05) is 18.4 Å². The molecule has 0 spiro atoms. The van der Waals surface area contributed by atoms with Crippen molar-refractivity contribution in [3.8, 4) is 0 Å². The van der Waals surface area contributed by atoms with Crippen LogP contribution in [0.25, 0.3) is 0 Å². The quantitative estimate of drug-likeness (QED) is 0.806. The van der Waals surface area contributed by atoms with E-state index in [4.69, 9.17) is 11.6 Å². The van der Waals surface area contributed by atoms with Crippen LogP contribution in [-0.4, -0.2) is 11.5 Å². The van der Waals surface area contributed by atoms with Crippen LogP contribution in [0, 0.1) is 11.8 Å². The Morgan fingerprint density at radius 3 is 3.00 bits per heavy atom. The summed E-state index contributed by atoms with van der Waals surface area (Å²) in [6.07, 6.45) is 7.26. The summed E-state index contributed by atoms with van der Waals surface area (Å²) in [5, 5.41) is 4.02. The number of halogens is 1. The number of anilines is 1. The van der Waals surface area contributed by atoms with Crippen molar-refractivity contribution in [2.24, 2.45) is 11.8 Å². The maximum Gasteiger partial charge on any atom is 0.131 e. The van der Waals surface area contributed by atoms with Gasteiger partial charge in [0.05, 0.1) is 0 Å². The second kappa shape index (κ2) is 5.53. The first kappa shape index (κ1) is 11.7. The maximum absolute atomic E-state index is 5.84. The minimum Gasteiger partial charge on any atom is -0.385 e. The molecule has 2 rings (SSSR count). The van der Waals surface area contributed by atoms with E-state index >= 15 is 0 Å². The first-order chi connectivity index (χ1) is 7.75. The van der Waals surface area contributed by atoms with Crippen LogP contribution in [0.1, 0.15) is 32.6 Å². The van der Waals surface area contributed by atoms with Gasteiger partial charge in [0.25, 0.3) is 0 Å². The summed E-state index contributed by atoms with van der Waals surface area (Å²) in [6.45, 7) is 3.42. The monoisotopic (exact) mass is 238 g/mol. The Balaban J connectivity index is 1.86. The van der Waals surface area contributed by atoms with Crippen molar-refractivity contribution >= 4 is 17.3 Å². The molecule has 0 amide bonds. The molecule has 0 bridgehead atoms. The molecular formula is C13H19ClN2. The lowest BCUT2D eigenvalue weighted by Crippen LogP contribution is -2.24. The first-order valence-corrected chi connectivity index (χ1v) is 6.49. The fourth-order valence-corrected chi connectivity index (χ4v) is 2.63. The van der Waals surface area contributed by atoms with Gasteiger partial charge in [0.2, 0.25) is 0 Å². The van der Waals surface area contributed by atoms with Crippen LogP contribution < -0.4 is 5.32 Å². The van der Waals surface area contributed by atoms with Gasteiger partial charge in [0.1, 0.15) is 5.15 Å². The fourth-order valence-electron chi connectivity index (χ4n) is 2.46. The average Bonchev–Trinajstić information content (AvgIpc) is 2.28. The Kier molecular flexibility index (Phi) is 4.05. The number of pyridine rings is 1. The molecule has 2 atom stereocenters. The van der Waals surface area contributed by atoms with E-state index in [-0.39, 0.29) is 0 Å². The molecule has 2 nitrogen and oxygen atoms in total. The molecule has 1 fully saturated rings. The summed E-state index contributed by atoms with van der Waals surface area (Å²) >= 11 is 5.84. The van der Waals surface area contributed by atoms with Crippen LogP contribution in [0.15, 0.2) is 18.3 Å². The number of hydrogen-bond donors (Lipinski definition) is 1. The molecule has 1 N–H and O–H groups in total. The third-order valence-corrected chi connectivity index (χ3v) is 3.79. The van der Waals surface area contributed by atoms with Gasteiger partial charge in [-0.25, -0.2) is 4.98 Å². The predicted molar refractivity (Wildman–Crippen MR) is 68.9 cm³/mol. The Hall–Kier alpha value is -0.760. The van der Waals surface area contributed by atoms with Gasteiger partial charge in [-0.2, -0.15) is 0 Å². The predicted octanol–water partition coefficient (Wildman–Crippen LogP) is 3.97. The molecule has 3 heteroatoms. The lowest BCUT2D eigenvalue weighted by Gasteiger charge is -2.29. The zero-order valence-electron chi connectivity index (χ0n) is 9.75. The summed E-state index contributed by atoms with van der Waals surface area (Å²) in [5.74, 6) is 1.65. The van der Waals surface area contributed by atoms with E-state index in [1.54, 1.807) is 6.20 Å². The van der Waals surface area contributed by atoms with Crippen LogP contribution in [-0.2, 0) is 0 Å². The van der Waals surface area contributed by atoms with Crippen LogP contribution >= 0.6 is 11.6 Å². The highest BCUT2D eigenvalue weighted by molar-refractivity contribution is 6.29. The first-order valence-electron chi connectivity index (χ1n) is 6.11. The molecule has 16 heavy (non-hydrogen) atoms. The molecule has 2 unspecified atom stereocenters. The SMILES string of the molecule is CC1CCCCC1CNc1ccnc(Cl)c1. The van der Waals surface area contributed by atoms with Gasteiger partial charge in [-0.1, -0.05) is 37.8 Å². The average molecular weight is 239 g/mol. The molecule has 1 aliphatic rings. The summed E-state index contributed by atoms with van der Waals surface area (Å²) in [7, 11) is 0. The third kappa shape index (κ3) is 3.11. The largest absolute Gasteiger partial charge is 0.385 e. The van der Waals surface area contributed by atoms with Crippen molar-refractivity contribution in [2.45, 2.75) is 32.6 Å². The van der Waals surface area contributed by atoms with Gasteiger partial charge < -0.3 is 5.32 Å². The standard InChI is InChI=1S/C13H19ClN2/c1-10-4-2-3-5-11(10)9-16-12-6-7-15-13(14)8-12/h6-8,10-11H,2-5,9H2,1H3,(H,15,16). The normalized spacial score (nSPS) is 25.4. The number of aromatic nitrogens is 1. The van der Waals surface area contributed by atoms with Crippen LogP contribution in [0.5, 0.6) is 0 Å². The van der Waals surface area contributed by atoms with E-state index in [2.05, 4.69) is 17.2 Å². The van der Waals surface area contributed by atoms with Crippen LogP contribution in [0.3, 0.4) is 0 Å². The number of rotatable bonds is 3. The molecule has 1 aromatic heterocycles. The van der Waals surface area contributed by atoms with E-state index < -0.39 is 0 Å². The number of hydrogen-bond acceptors (Lipinski definition) is 2. The van der Waals surface area contributed by atoms with Crippen molar-refractivity contribution in [2.75, 3.05) is 11.9 Å². The molecule has 1 aromatic rings. The fraction of sp³-hybridized carbons (Fsp3) is 0.615. The minimum absolute atomic E-state index is 0.557. The van der Waals surface area contributed by atoms with Crippen molar-refractivity contribution in [3.63, 3.8) is 0 Å². The molecule has 1 heterocycles. The van der Waals surface area contributed by atoms with Gasteiger partial charge >= 0.3 is 0 Å². The highest BCUT2D eigenvalue weighted by Gasteiger charge is 2.20. The van der Waals surface area contributed by atoms with Gasteiger partial charge in [-0.3, -0.25) is 0 Å². The summed E-state index contributed by atoms with van der Waals surface area (Å²) in [5.41, 5.74) is 1.08. The minimum atomic E-state index is 0.557. The highest BCUT2D eigenvalue weighted by Crippen LogP contribution is 2.29. The van der Waals surface area contributed by atoms with Crippen molar-refractivity contribution in [3.05, 3.63) is 23.5 Å². The van der Waals surface area contributed by atoms with Crippen molar-refractivity contribution in [1.82, 2.24) is 4.98 Å². The molecule has 1 saturated carbocycles. The van der Waals surface area contributed by atoms with Crippen molar-refractivity contribution < 1.29 is 0 Å². The van der Waals surface area contributed by atoms with E-state index in [9.17, 15) is 0 Å². The molecule has 88 valence electrons. The zero-order valence-corrected chi connectivity index (χ0v) is 10.5. The molecular weight excluding hydrogens is 220 g/mol. The molecule has 0 aromatic carbocycles. The number of nitrogens with one attached hydrogen (secondary N) is 1. The topological polar surface area (TPSA) is 24.9 Å². The lowest BCUT2D eigenvalue weighted by atomic mass is 9.80. The lowest BCUT2D eigenvalue weighted by molar-refractivity contribution is 0.268. The summed E-state index contributed by atoms with van der Waals surface area (Å²) < 4.78 is 0. The molecule has 0 aliphatic heterocycles. The van der Waals surface area contributed by atoms with E-state index in [1.165, 1.54) is 25.7 Å². The summed E-state index contributed by atoms with van der Waals surface area (Å²) in [4.78, 5) is 3.97. The van der Waals surface area contributed by atoms with Crippen LogP contribution in [0.2, 0.25) is 5.15 Å². The zero-order chi connectivity index (χ0) is 11.4.